The number of likely N-dealkylation sites (tertiary alicyclic amines) is 1. The van der Waals surface area contributed by atoms with Gasteiger partial charge in [-0.25, -0.2) is 4.68 Å². The highest BCUT2D eigenvalue weighted by Crippen LogP contribution is 2.22. The number of amides is 1. The zero-order valence-corrected chi connectivity index (χ0v) is 15.2. The summed E-state index contributed by atoms with van der Waals surface area (Å²) in [6.07, 6.45) is 3.87. The standard InChI is InChI=1S/C20H23N5O/c1-15-13-16(2)25(21-15)14-18-9-6-11-23(18)20(26)19-10-12-24(22-19)17-7-4-3-5-8-17/h3-5,7-8,10,12-13,18H,6,9,11,14H2,1-2H3. The Labute approximate surface area is 153 Å². The van der Waals surface area contributed by atoms with Gasteiger partial charge in [0.25, 0.3) is 5.91 Å². The number of aryl methyl sites for hydroxylation is 2. The topological polar surface area (TPSA) is 56.0 Å². The van der Waals surface area contributed by atoms with Gasteiger partial charge < -0.3 is 4.90 Å². The first-order valence-electron chi connectivity index (χ1n) is 9.05. The molecule has 1 atom stereocenters. The van der Waals surface area contributed by atoms with Crippen molar-refractivity contribution in [1.82, 2.24) is 24.5 Å². The zero-order chi connectivity index (χ0) is 18.1. The first-order chi connectivity index (χ1) is 12.6. The summed E-state index contributed by atoms with van der Waals surface area (Å²) < 4.78 is 3.76. The lowest BCUT2D eigenvalue weighted by Gasteiger charge is -2.24. The summed E-state index contributed by atoms with van der Waals surface area (Å²) in [6.45, 7) is 5.58. The van der Waals surface area contributed by atoms with E-state index in [0.717, 1.165) is 43.0 Å². The zero-order valence-electron chi connectivity index (χ0n) is 15.2. The van der Waals surface area contributed by atoms with E-state index < -0.39 is 0 Å². The molecule has 0 aliphatic carbocycles. The molecule has 1 unspecified atom stereocenters. The molecule has 0 N–H and O–H groups in total. The lowest BCUT2D eigenvalue weighted by atomic mass is 10.2. The molecule has 3 aromatic rings. The molecule has 134 valence electrons. The number of rotatable bonds is 4. The highest BCUT2D eigenvalue weighted by molar-refractivity contribution is 5.92. The number of hydrogen-bond donors (Lipinski definition) is 0. The van der Waals surface area contributed by atoms with Crippen LogP contribution in [0.2, 0.25) is 0 Å². The fraction of sp³-hybridized carbons (Fsp3) is 0.350. The normalized spacial score (nSPS) is 17.0. The van der Waals surface area contributed by atoms with E-state index in [1.807, 2.05) is 53.0 Å². The van der Waals surface area contributed by atoms with Crippen molar-refractivity contribution in [1.29, 1.82) is 0 Å². The Morgan fingerprint density at radius 2 is 1.96 bits per heavy atom. The van der Waals surface area contributed by atoms with Crippen LogP contribution < -0.4 is 0 Å². The van der Waals surface area contributed by atoms with Gasteiger partial charge in [0, 0.05) is 18.4 Å². The second kappa shape index (κ2) is 6.78. The van der Waals surface area contributed by atoms with Gasteiger partial charge in [-0.2, -0.15) is 10.2 Å². The lowest BCUT2D eigenvalue weighted by molar-refractivity contribution is 0.0714. The first-order valence-corrected chi connectivity index (χ1v) is 9.05. The van der Waals surface area contributed by atoms with Crippen molar-refractivity contribution < 1.29 is 4.79 Å². The third-order valence-corrected chi connectivity index (χ3v) is 4.95. The fourth-order valence-corrected chi connectivity index (χ4v) is 3.66. The number of hydrogen-bond acceptors (Lipinski definition) is 3. The average molecular weight is 349 g/mol. The largest absolute Gasteiger partial charge is 0.332 e. The molecule has 1 aliphatic rings. The number of aromatic nitrogens is 4. The molecule has 4 rings (SSSR count). The molecule has 0 bridgehead atoms. The Morgan fingerprint density at radius 1 is 1.15 bits per heavy atom. The molecule has 1 aromatic carbocycles. The average Bonchev–Trinajstić information content (AvgIpc) is 3.36. The van der Waals surface area contributed by atoms with Gasteiger partial charge in [-0.3, -0.25) is 9.48 Å². The minimum absolute atomic E-state index is 0.00344. The maximum atomic E-state index is 13.0. The van der Waals surface area contributed by atoms with Gasteiger partial charge in [-0.1, -0.05) is 18.2 Å². The van der Waals surface area contributed by atoms with Crippen molar-refractivity contribution in [3.8, 4) is 5.69 Å². The van der Waals surface area contributed by atoms with Gasteiger partial charge >= 0.3 is 0 Å². The van der Waals surface area contributed by atoms with Crippen molar-refractivity contribution in [3.63, 3.8) is 0 Å². The predicted octanol–water partition coefficient (Wildman–Crippen LogP) is 2.99. The van der Waals surface area contributed by atoms with E-state index in [0.29, 0.717) is 5.69 Å². The molecular weight excluding hydrogens is 326 g/mol. The summed E-state index contributed by atoms with van der Waals surface area (Å²) in [4.78, 5) is 15.0. The Hall–Kier alpha value is -2.89. The van der Waals surface area contributed by atoms with Crippen LogP contribution in [0.4, 0.5) is 0 Å². The summed E-state index contributed by atoms with van der Waals surface area (Å²) in [7, 11) is 0. The van der Waals surface area contributed by atoms with Crippen LogP contribution in [0.3, 0.4) is 0 Å². The minimum Gasteiger partial charge on any atom is -0.332 e. The molecule has 0 saturated carbocycles. The van der Waals surface area contributed by atoms with Crippen LogP contribution in [0.25, 0.3) is 5.69 Å². The van der Waals surface area contributed by atoms with Crippen molar-refractivity contribution in [3.05, 3.63) is 65.7 Å². The summed E-state index contributed by atoms with van der Waals surface area (Å²) in [5.74, 6) is 0.00344. The Balaban J connectivity index is 1.52. The Morgan fingerprint density at radius 3 is 2.69 bits per heavy atom. The molecule has 6 nitrogen and oxygen atoms in total. The molecule has 3 heterocycles. The Kier molecular flexibility index (Phi) is 4.32. The second-order valence-electron chi connectivity index (χ2n) is 6.88. The van der Waals surface area contributed by atoms with Crippen molar-refractivity contribution in [2.75, 3.05) is 6.54 Å². The molecule has 2 aromatic heterocycles. The quantitative estimate of drug-likeness (QED) is 0.728. The lowest BCUT2D eigenvalue weighted by Crippen LogP contribution is -2.38. The first kappa shape index (κ1) is 16.6. The molecule has 1 fully saturated rings. The molecule has 1 saturated heterocycles. The van der Waals surface area contributed by atoms with Gasteiger partial charge in [-0.05, 0) is 51.0 Å². The van der Waals surface area contributed by atoms with Crippen LogP contribution in [-0.2, 0) is 6.54 Å². The molecule has 0 radical (unpaired) electrons. The number of para-hydroxylation sites is 1. The van der Waals surface area contributed by atoms with Gasteiger partial charge in [-0.15, -0.1) is 0 Å². The van der Waals surface area contributed by atoms with Crippen molar-refractivity contribution in [2.45, 2.75) is 39.3 Å². The van der Waals surface area contributed by atoms with E-state index in [4.69, 9.17) is 0 Å². The van der Waals surface area contributed by atoms with Crippen LogP contribution in [0, 0.1) is 13.8 Å². The van der Waals surface area contributed by atoms with Crippen LogP contribution in [0.1, 0.15) is 34.7 Å². The van der Waals surface area contributed by atoms with E-state index in [2.05, 4.69) is 23.2 Å². The van der Waals surface area contributed by atoms with E-state index in [1.54, 1.807) is 10.7 Å². The number of nitrogens with zero attached hydrogens (tertiary/aromatic N) is 5. The van der Waals surface area contributed by atoms with Gasteiger partial charge in [0.15, 0.2) is 5.69 Å². The Bertz CT molecular complexity index is 911. The molecule has 6 heteroatoms. The number of carbonyl (C=O) groups excluding carboxylic acids is 1. The van der Waals surface area contributed by atoms with E-state index >= 15 is 0 Å². The van der Waals surface area contributed by atoms with Crippen molar-refractivity contribution in [2.24, 2.45) is 0 Å². The molecular formula is C20H23N5O. The fourth-order valence-electron chi connectivity index (χ4n) is 3.66. The molecule has 26 heavy (non-hydrogen) atoms. The monoisotopic (exact) mass is 349 g/mol. The second-order valence-corrected chi connectivity index (χ2v) is 6.88. The molecule has 0 spiro atoms. The highest BCUT2D eigenvalue weighted by atomic mass is 16.2. The van der Waals surface area contributed by atoms with Crippen LogP contribution >= 0.6 is 0 Å². The third-order valence-electron chi connectivity index (χ3n) is 4.95. The van der Waals surface area contributed by atoms with Crippen molar-refractivity contribution >= 4 is 5.91 Å². The summed E-state index contributed by atoms with van der Waals surface area (Å²) in [5, 5.41) is 9.03. The summed E-state index contributed by atoms with van der Waals surface area (Å²) >= 11 is 0. The summed E-state index contributed by atoms with van der Waals surface area (Å²) in [5.41, 5.74) is 3.59. The third kappa shape index (κ3) is 3.14. The highest BCUT2D eigenvalue weighted by Gasteiger charge is 2.31. The van der Waals surface area contributed by atoms with E-state index in [9.17, 15) is 4.79 Å². The summed E-state index contributed by atoms with van der Waals surface area (Å²) in [6, 6.07) is 13.9. The van der Waals surface area contributed by atoms with Crippen LogP contribution in [0.15, 0.2) is 48.7 Å². The van der Waals surface area contributed by atoms with Crippen LogP contribution in [-0.4, -0.2) is 43.0 Å². The van der Waals surface area contributed by atoms with E-state index in [-0.39, 0.29) is 11.9 Å². The predicted molar refractivity (Wildman–Crippen MR) is 99.3 cm³/mol. The molecule has 1 amide bonds. The van der Waals surface area contributed by atoms with E-state index in [1.165, 1.54) is 0 Å². The smallest absolute Gasteiger partial charge is 0.274 e. The molecule has 1 aliphatic heterocycles. The number of carbonyl (C=O) groups is 1. The van der Waals surface area contributed by atoms with Crippen LogP contribution in [0.5, 0.6) is 0 Å². The SMILES string of the molecule is Cc1cc(C)n(CC2CCCN2C(=O)c2ccn(-c3ccccc3)n2)n1. The minimum atomic E-state index is 0.00344. The van der Waals surface area contributed by atoms with Gasteiger partial charge in [0.1, 0.15) is 0 Å². The van der Waals surface area contributed by atoms with Gasteiger partial charge in [0.2, 0.25) is 0 Å². The number of benzene rings is 1. The van der Waals surface area contributed by atoms with Gasteiger partial charge in [0.05, 0.1) is 24.0 Å². The maximum Gasteiger partial charge on any atom is 0.274 e. The maximum absolute atomic E-state index is 13.0.